The predicted octanol–water partition coefficient (Wildman–Crippen LogP) is -8.14. The van der Waals surface area contributed by atoms with Crippen LogP contribution in [0.15, 0.2) is 15.0 Å². The molecule has 0 radical (unpaired) electrons. The fraction of sp³-hybridized carbons (Fsp3) is 0.667. The highest BCUT2D eigenvalue weighted by atomic mass is 16.4. The summed E-state index contributed by atoms with van der Waals surface area (Å²) < 4.78 is 0. The van der Waals surface area contributed by atoms with Crippen LogP contribution >= 0.6 is 0 Å². The number of hydrogen-bond acceptors (Lipinski definition) is 13. The summed E-state index contributed by atoms with van der Waals surface area (Å²) in [5, 5.41) is 31.8. The van der Waals surface area contributed by atoms with Gasteiger partial charge >= 0.3 is 5.97 Å². The van der Waals surface area contributed by atoms with Crippen molar-refractivity contribution in [3.8, 4) is 0 Å². The maximum Gasteiger partial charge on any atom is 0.326 e. The van der Waals surface area contributed by atoms with E-state index in [-0.39, 0.29) is 89.0 Å². The minimum Gasteiger partial charge on any atom is -0.480 e. The van der Waals surface area contributed by atoms with E-state index in [0.29, 0.717) is 6.42 Å². The molecule has 1 rings (SSSR count). The van der Waals surface area contributed by atoms with Crippen molar-refractivity contribution in [1.29, 1.82) is 0 Å². The summed E-state index contributed by atoms with van der Waals surface area (Å²) in [6, 6.07) is -9.40. The number of carbonyl (C=O) groups is 8. The zero-order valence-corrected chi connectivity index (χ0v) is 33.5. The number of nitrogens with two attached hydrogens (primary N) is 8. The Bertz CT molecular complexity index is 1600. The van der Waals surface area contributed by atoms with E-state index in [1.807, 2.05) is 0 Å². The van der Waals surface area contributed by atoms with E-state index in [2.05, 4.69) is 41.6 Å². The van der Waals surface area contributed by atoms with Crippen molar-refractivity contribution >= 4 is 65.2 Å². The molecule has 0 aromatic heterocycles. The van der Waals surface area contributed by atoms with Gasteiger partial charge in [-0.25, -0.2) is 4.79 Å². The van der Waals surface area contributed by atoms with Crippen LogP contribution in [0.4, 0.5) is 0 Å². The van der Waals surface area contributed by atoms with Crippen LogP contribution in [-0.2, 0) is 38.4 Å². The molecule has 7 atom stereocenters. The lowest BCUT2D eigenvalue weighted by atomic mass is 10.1. The molecule has 23 N–H and O–H groups in total. The predicted molar refractivity (Wildman–Crippen MR) is 216 cm³/mol. The third kappa shape index (κ3) is 19.3. The van der Waals surface area contributed by atoms with Gasteiger partial charge in [-0.2, -0.15) is 0 Å². The molecule has 27 heteroatoms. The number of aliphatic hydroxyl groups excluding tert-OH is 1. The number of guanidine groups is 3. The molecule has 1 saturated heterocycles. The Morgan fingerprint density at radius 3 is 1.57 bits per heavy atom. The highest BCUT2D eigenvalue weighted by Gasteiger charge is 2.39. The average Bonchev–Trinajstić information content (AvgIpc) is 3.66. The largest absolute Gasteiger partial charge is 0.480 e. The van der Waals surface area contributed by atoms with E-state index in [1.54, 1.807) is 0 Å². The lowest BCUT2D eigenvalue weighted by Crippen LogP contribution is -2.59. The molecule has 60 heavy (non-hydrogen) atoms. The Balaban J connectivity index is 3.26. The van der Waals surface area contributed by atoms with Gasteiger partial charge in [0.25, 0.3) is 0 Å². The maximum atomic E-state index is 13.9. The van der Waals surface area contributed by atoms with E-state index >= 15 is 0 Å². The Morgan fingerprint density at radius 1 is 0.650 bits per heavy atom. The molecule has 338 valence electrons. The molecule has 27 nitrogen and oxygen atoms in total. The Morgan fingerprint density at radius 2 is 1.10 bits per heavy atom. The molecule has 0 saturated carbocycles. The zero-order valence-electron chi connectivity index (χ0n) is 33.5. The van der Waals surface area contributed by atoms with Gasteiger partial charge in [0.05, 0.1) is 19.1 Å². The second-order valence-corrected chi connectivity index (χ2v) is 13.8. The van der Waals surface area contributed by atoms with Crippen LogP contribution < -0.4 is 72.5 Å². The molecule has 7 amide bonds. The molecule has 0 bridgehead atoms. The van der Waals surface area contributed by atoms with Crippen molar-refractivity contribution < 1.29 is 48.6 Å². The number of carboxylic acid groups (broad SMARTS) is 1. The van der Waals surface area contributed by atoms with Gasteiger partial charge in [-0.1, -0.05) is 0 Å². The van der Waals surface area contributed by atoms with Gasteiger partial charge in [0, 0.05) is 26.2 Å². The number of aliphatic hydroxyl groups is 1. The molecular weight excluding hydrogens is 794 g/mol. The normalized spacial score (nSPS) is 16.2. The standard InChI is InChI=1S/C33H61N17O10/c1-16(24(53)48-20(30(59)60)8-4-12-44-33(40)41)45-26(55)18(6-2-10-42-31(36)37)46-27(56)19(7-3-11-43-32(38)39)47-28(57)22-9-5-13-50(22)29(58)21(15-51)49-25(54)17(34)14-23(35)52/h16-22,51H,2-15,34H2,1H3,(H2,35,52)(H,45,55)(H,46,56)(H,47,57)(H,48,53)(H,49,54)(H,59,60)(H4,36,37,42)(H4,38,39,43)(H4,40,41,44)/t16-,17-,18-,19-,20-,21-,22-/m0/s1. The summed E-state index contributed by atoms with van der Waals surface area (Å²) >= 11 is 0. The number of primary amides is 1. The zero-order chi connectivity index (χ0) is 45.5. The first-order valence-corrected chi connectivity index (χ1v) is 19.0. The fourth-order valence-corrected chi connectivity index (χ4v) is 5.80. The van der Waals surface area contributed by atoms with E-state index in [9.17, 15) is 48.6 Å². The van der Waals surface area contributed by atoms with Crippen LogP contribution in [0.2, 0.25) is 0 Å². The van der Waals surface area contributed by atoms with Crippen molar-refractivity contribution in [3.63, 3.8) is 0 Å². The number of aliphatic imine (C=N–C) groups is 3. The van der Waals surface area contributed by atoms with Crippen LogP contribution in [-0.4, -0.2) is 155 Å². The Hall–Kier alpha value is -6.51. The molecule has 0 aliphatic carbocycles. The third-order valence-electron chi connectivity index (χ3n) is 8.86. The molecular formula is C33H61N17O10. The van der Waals surface area contributed by atoms with Gasteiger partial charge in [-0.05, 0) is 58.3 Å². The van der Waals surface area contributed by atoms with Crippen molar-refractivity contribution in [3.05, 3.63) is 0 Å². The van der Waals surface area contributed by atoms with E-state index in [0.717, 1.165) is 4.90 Å². The van der Waals surface area contributed by atoms with Gasteiger partial charge in [0.2, 0.25) is 41.4 Å². The second-order valence-electron chi connectivity index (χ2n) is 13.8. The van der Waals surface area contributed by atoms with Gasteiger partial charge < -0.3 is 87.6 Å². The minimum atomic E-state index is -1.53. The number of carbonyl (C=O) groups excluding carboxylic acids is 7. The van der Waals surface area contributed by atoms with E-state index in [4.69, 9.17) is 45.9 Å². The molecule has 0 spiro atoms. The van der Waals surface area contributed by atoms with Crippen molar-refractivity contribution in [2.24, 2.45) is 60.8 Å². The summed E-state index contributed by atoms with van der Waals surface area (Å²) in [4.78, 5) is 116. The second kappa shape index (κ2) is 26.5. The molecule has 1 aliphatic rings. The number of carboxylic acids is 1. The highest BCUT2D eigenvalue weighted by molar-refractivity contribution is 5.97. The number of amides is 7. The van der Waals surface area contributed by atoms with Crippen molar-refractivity contribution in [2.45, 2.75) is 107 Å². The van der Waals surface area contributed by atoms with Crippen LogP contribution in [0.25, 0.3) is 0 Å². The van der Waals surface area contributed by atoms with Crippen LogP contribution in [0.5, 0.6) is 0 Å². The Labute approximate surface area is 345 Å². The van der Waals surface area contributed by atoms with Crippen LogP contribution in [0.1, 0.15) is 64.7 Å². The van der Waals surface area contributed by atoms with Gasteiger partial charge in [0.1, 0.15) is 36.3 Å². The number of nitrogens with zero attached hydrogens (tertiary/aromatic N) is 4. The number of nitrogens with one attached hydrogen (secondary N) is 5. The third-order valence-corrected chi connectivity index (χ3v) is 8.86. The topological polar surface area (TPSA) is 486 Å². The Kier molecular flexibility index (Phi) is 22.7. The van der Waals surface area contributed by atoms with Crippen LogP contribution in [0.3, 0.4) is 0 Å². The molecule has 0 aromatic rings. The van der Waals surface area contributed by atoms with Crippen molar-refractivity contribution in [2.75, 3.05) is 32.8 Å². The number of likely N-dealkylation sites (tertiary alicyclic amines) is 1. The summed E-state index contributed by atoms with van der Waals surface area (Å²) in [5.74, 6) is -7.93. The lowest BCUT2D eigenvalue weighted by molar-refractivity contribution is -0.143. The molecule has 1 heterocycles. The summed E-state index contributed by atoms with van der Waals surface area (Å²) in [7, 11) is 0. The minimum absolute atomic E-state index is 0.0310. The first-order chi connectivity index (χ1) is 28.2. The molecule has 1 aliphatic heterocycles. The van der Waals surface area contributed by atoms with Gasteiger partial charge in [-0.3, -0.25) is 48.5 Å². The van der Waals surface area contributed by atoms with Gasteiger partial charge in [0.15, 0.2) is 17.9 Å². The first kappa shape index (κ1) is 51.5. The molecule has 0 aromatic carbocycles. The monoisotopic (exact) mass is 855 g/mol. The van der Waals surface area contributed by atoms with E-state index < -0.39 is 103 Å². The van der Waals surface area contributed by atoms with Gasteiger partial charge in [-0.15, -0.1) is 0 Å². The number of rotatable bonds is 27. The summed E-state index contributed by atoms with van der Waals surface area (Å²) in [5.41, 5.74) is 43.0. The lowest BCUT2D eigenvalue weighted by Gasteiger charge is -2.30. The number of aliphatic carboxylic acids is 1. The summed E-state index contributed by atoms with van der Waals surface area (Å²) in [6.07, 6.45) is 0.323. The number of hydrogen-bond donors (Lipinski definition) is 15. The van der Waals surface area contributed by atoms with Crippen molar-refractivity contribution in [1.82, 2.24) is 31.5 Å². The van der Waals surface area contributed by atoms with E-state index in [1.165, 1.54) is 6.92 Å². The summed E-state index contributed by atoms with van der Waals surface area (Å²) in [6.45, 7) is 0.687. The molecule has 0 unspecified atom stereocenters. The quantitative estimate of drug-likeness (QED) is 0.0207. The maximum absolute atomic E-state index is 13.9. The first-order valence-electron chi connectivity index (χ1n) is 19.0. The fourth-order valence-electron chi connectivity index (χ4n) is 5.80. The molecule has 1 fully saturated rings. The van der Waals surface area contributed by atoms with Crippen LogP contribution in [0, 0.1) is 0 Å². The SMILES string of the molecule is C[C@H](NC(=O)[C@H](CCCN=C(N)N)NC(=O)[C@H](CCCN=C(N)N)NC(=O)[C@@H]1CCCN1C(=O)[C@H](CO)NC(=O)[C@@H](N)CC(N)=O)C(=O)N[C@@H](CCCN=C(N)N)C(=O)O. The highest BCUT2D eigenvalue weighted by Crippen LogP contribution is 2.19. The smallest absolute Gasteiger partial charge is 0.326 e. The average molecular weight is 856 g/mol.